The summed E-state index contributed by atoms with van der Waals surface area (Å²) in [5.41, 5.74) is 7.85. The van der Waals surface area contributed by atoms with Crippen LogP contribution in [0.3, 0.4) is 0 Å². The number of para-hydroxylation sites is 2. The molecule has 0 atom stereocenters. The van der Waals surface area contributed by atoms with Crippen molar-refractivity contribution in [2.45, 2.75) is 0 Å². The van der Waals surface area contributed by atoms with Crippen LogP contribution in [-0.2, 0) is 0 Å². The van der Waals surface area contributed by atoms with Crippen molar-refractivity contribution >= 4 is 21.9 Å². The van der Waals surface area contributed by atoms with Crippen molar-refractivity contribution in [2.24, 2.45) is 0 Å². The second-order valence-electron chi connectivity index (χ2n) is 8.68. The highest BCUT2D eigenvalue weighted by atomic mass is 16.4. The van der Waals surface area contributed by atoms with Crippen LogP contribution in [0.4, 0.5) is 0 Å². The van der Waals surface area contributed by atoms with Gasteiger partial charge >= 0.3 is 0 Å². The van der Waals surface area contributed by atoms with Crippen molar-refractivity contribution in [3.05, 3.63) is 121 Å². The van der Waals surface area contributed by atoms with E-state index >= 15 is 0 Å². The molecule has 0 aliphatic carbocycles. The third-order valence-electron chi connectivity index (χ3n) is 6.51. The van der Waals surface area contributed by atoms with Gasteiger partial charge in [-0.05, 0) is 41.0 Å². The van der Waals surface area contributed by atoms with Gasteiger partial charge in [-0.3, -0.25) is 0 Å². The average molecular weight is 465 g/mol. The van der Waals surface area contributed by atoms with Crippen molar-refractivity contribution in [1.29, 1.82) is 0 Å². The molecule has 0 N–H and O–H groups in total. The van der Waals surface area contributed by atoms with Gasteiger partial charge in [0.25, 0.3) is 0 Å². The monoisotopic (exact) mass is 464 g/mol. The molecule has 170 valence electrons. The molecule has 0 bridgehead atoms. The topological polar surface area (TPSA) is 52.1 Å². The van der Waals surface area contributed by atoms with E-state index < -0.39 is 0 Å². The average Bonchev–Trinajstić information content (AvgIpc) is 3.59. The molecular formula is C32H20N2O2. The van der Waals surface area contributed by atoms with E-state index in [1.165, 1.54) is 0 Å². The van der Waals surface area contributed by atoms with Gasteiger partial charge in [-0.25, -0.2) is 0 Å². The standard InChI is InChI=1S/C32H20N2O2/c1-2-9-21(10-3-1)24-11-4-5-13-28(24)32-34-33-31(36-32)23-19-17-22(18-20-23)25-14-8-15-27-26-12-6-7-16-29(26)35-30(25)27/h1-20H. The molecule has 7 aromatic rings. The summed E-state index contributed by atoms with van der Waals surface area (Å²) in [5.74, 6) is 0.988. The first-order valence-corrected chi connectivity index (χ1v) is 11.8. The van der Waals surface area contributed by atoms with Gasteiger partial charge in [-0.15, -0.1) is 10.2 Å². The Labute approximate surface area is 207 Å². The first-order valence-electron chi connectivity index (χ1n) is 11.8. The Kier molecular flexibility index (Phi) is 4.74. The van der Waals surface area contributed by atoms with E-state index in [9.17, 15) is 0 Å². The van der Waals surface area contributed by atoms with Crippen LogP contribution in [0.25, 0.3) is 67.1 Å². The fourth-order valence-corrected chi connectivity index (χ4v) is 4.75. The normalized spacial score (nSPS) is 11.3. The van der Waals surface area contributed by atoms with Crippen LogP contribution >= 0.6 is 0 Å². The maximum Gasteiger partial charge on any atom is 0.248 e. The molecule has 0 amide bonds. The van der Waals surface area contributed by atoms with Gasteiger partial charge < -0.3 is 8.83 Å². The summed E-state index contributed by atoms with van der Waals surface area (Å²) in [6.45, 7) is 0. The van der Waals surface area contributed by atoms with Gasteiger partial charge in [0.1, 0.15) is 11.2 Å². The second-order valence-corrected chi connectivity index (χ2v) is 8.68. The van der Waals surface area contributed by atoms with E-state index in [2.05, 4.69) is 64.8 Å². The largest absolute Gasteiger partial charge is 0.455 e. The number of hydrogen-bond donors (Lipinski definition) is 0. The lowest BCUT2D eigenvalue weighted by Crippen LogP contribution is -1.84. The Bertz CT molecular complexity index is 1830. The van der Waals surface area contributed by atoms with E-state index in [4.69, 9.17) is 8.83 Å². The zero-order valence-electron chi connectivity index (χ0n) is 19.3. The molecule has 0 saturated carbocycles. The predicted octanol–water partition coefficient (Wildman–Crippen LogP) is 8.64. The van der Waals surface area contributed by atoms with Gasteiger partial charge in [0.2, 0.25) is 11.8 Å². The van der Waals surface area contributed by atoms with E-state index in [0.717, 1.165) is 55.3 Å². The lowest BCUT2D eigenvalue weighted by molar-refractivity contribution is 0.585. The van der Waals surface area contributed by atoms with Crippen LogP contribution in [0.5, 0.6) is 0 Å². The van der Waals surface area contributed by atoms with Crippen molar-refractivity contribution in [2.75, 3.05) is 0 Å². The van der Waals surface area contributed by atoms with Gasteiger partial charge in [-0.2, -0.15) is 0 Å². The van der Waals surface area contributed by atoms with E-state index in [0.29, 0.717) is 11.8 Å². The van der Waals surface area contributed by atoms with Crippen LogP contribution in [0, 0.1) is 0 Å². The van der Waals surface area contributed by atoms with Crippen LogP contribution in [0.15, 0.2) is 130 Å². The molecule has 0 saturated heterocycles. The molecule has 0 aliphatic rings. The van der Waals surface area contributed by atoms with Gasteiger partial charge in [0.15, 0.2) is 0 Å². The molecule has 36 heavy (non-hydrogen) atoms. The molecular weight excluding hydrogens is 444 g/mol. The molecule has 0 radical (unpaired) electrons. The molecule has 7 rings (SSSR count). The molecule has 4 nitrogen and oxygen atoms in total. The van der Waals surface area contributed by atoms with Crippen LogP contribution < -0.4 is 0 Å². The van der Waals surface area contributed by atoms with Crippen LogP contribution in [0.1, 0.15) is 0 Å². The summed E-state index contributed by atoms with van der Waals surface area (Å²) in [6.07, 6.45) is 0. The molecule has 0 unspecified atom stereocenters. The fourth-order valence-electron chi connectivity index (χ4n) is 4.75. The summed E-state index contributed by atoms with van der Waals surface area (Å²) in [4.78, 5) is 0. The molecule has 2 aromatic heterocycles. The highest BCUT2D eigenvalue weighted by molar-refractivity contribution is 6.09. The summed E-state index contributed by atoms with van der Waals surface area (Å²) in [6, 6.07) is 40.9. The molecule has 0 fully saturated rings. The van der Waals surface area contributed by atoms with Gasteiger partial charge in [0, 0.05) is 27.5 Å². The highest BCUT2D eigenvalue weighted by Crippen LogP contribution is 2.37. The minimum Gasteiger partial charge on any atom is -0.455 e. The maximum atomic E-state index is 6.21. The third kappa shape index (κ3) is 3.39. The number of aromatic nitrogens is 2. The number of furan rings is 1. The number of benzene rings is 5. The van der Waals surface area contributed by atoms with Crippen LogP contribution in [0.2, 0.25) is 0 Å². The lowest BCUT2D eigenvalue weighted by Gasteiger charge is -2.06. The first-order chi connectivity index (χ1) is 17.8. The molecule has 5 aromatic carbocycles. The Morgan fingerprint density at radius 2 is 1.00 bits per heavy atom. The number of rotatable bonds is 4. The second kappa shape index (κ2) is 8.36. The number of nitrogens with zero attached hydrogens (tertiary/aromatic N) is 2. The van der Waals surface area contributed by atoms with E-state index in [1.54, 1.807) is 0 Å². The summed E-state index contributed by atoms with van der Waals surface area (Å²) >= 11 is 0. The summed E-state index contributed by atoms with van der Waals surface area (Å²) in [5, 5.41) is 10.9. The quantitative estimate of drug-likeness (QED) is 0.262. The smallest absolute Gasteiger partial charge is 0.248 e. The van der Waals surface area contributed by atoms with Crippen LogP contribution in [-0.4, -0.2) is 10.2 Å². The molecule has 0 aliphatic heterocycles. The maximum absolute atomic E-state index is 6.21. The van der Waals surface area contributed by atoms with Gasteiger partial charge in [-0.1, -0.05) is 97.1 Å². The van der Waals surface area contributed by atoms with Crippen molar-refractivity contribution in [3.8, 4) is 45.2 Å². The predicted molar refractivity (Wildman–Crippen MR) is 143 cm³/mol. The first kappa shape index (κ1) is 20.4. The Morgan fingerprint density at radius 1 is 0.389 bits per heavy atom. The lowest BCUT2D eigenvalue weighted by atomic mass is 10.00. The summed E-state index contributed by atoms with van der Waals surface area (Å²) in [7, 11) is 0. The Morgan fingerprint density at radius 3 is 1.86 bits per heavy atom. The van der Waals surface area contributed by atoms with E-state index in [1.807, 2.05) is 66.7 Å². The van der Waals surface area contributed by atoms with Crippen molar-refractivity contribution in [1.82, 2.24) is 10.2 Å². The van der Waals surface area contributed by atoms with E-state index in [-0.39, 0.29) is 0 Å². The fraction of sp³-hybridized carbons (Fsp3) is 0. The molecule has 4 heteroatoms. The van der Waals surface area contributed by atoms with Crippen molar-refractivity contribution < 1.29 is 8.83 Å². The molecule has 2 heterocycles. The Hall–Kier alpha value is -4.96. The Balaban J connectivity index is 1.24. The number of hydrogen-bond acceptors (Lipinski definition) is 4. The third-order valence-corrected chi connectivity index (χ3v) is 6.51. The van der Waals surface area contributed by atoms with Gasteiger partial charge in [0.05, 0.1) is 0 Å². The summed E-state index contributed by atoms with van der Waals surface area (Å²) < 4.78 is 12.3. The minimum atomic E-state index is 0.487. The highest BCUT2D eigenvalue weighted by Gasteiger charge is 2.16. The molecule has 0 spiro atoms. The number of fused-ring (bicyclic) bond motifs is 3. The zero-order valence-corrected chi connectivity index (χ0v) is 19.3. The minimum absolute atomic E-state index is 0.487. The zero-order chi connectivity index (χ0) is 23.9. The van der Waals surface area contributed by atoms with Crippen molar-refractivity contribution in [3.63, 3.8) is 0 Å². The SMILES string of the molecule is c1ccc(-c2ccccc2-c2nnc(-c3ccc(-c4cccc5c4oc4ccccc45)cc3)o2)cc1.